The van der Waals surface area contributed by atoms with Gasteiger partial charge < -0.3 is 16.0 Å². The maximum Gasteiger partial charge on any atom is 0.222 e. The van der Waals surface area contributed by atoms with Crippen LogP contribution in [0.1, 0.15) is 11.1 Å². The average Bonchev–Trinajstić information content (AvgIpc) is 2.64. The quantitative estimate of drug-likeness (QED) is 0.519. The summed E-state index contributed by atoms with van der Waals surface area (Å²) < 4.78 is 14.1. The van der Waals surface area contributed by atoms with Crippen LogP contribution in [0.25, 0.3) is 0 Å². The number of nitrogens with zero attached hydrogens (tertiary/aromatic N) is 2. The number of halogens is 2. The molecule has 0 spiro atoms. The SMILES string of the molecule is CN=C(NCC(Cc1ccc(F)cc1)C(N)=O)N(C)Cc1ccc(Br)cc1. The lowest BCUT2D eigenvalue weighted by molar-refractivity contribution is -0.121. The third kappa shape index (κ3) is 6.67. The molecule has 7 heteroatoms. The van der Waals surface area contributed by atoms with E-state index in [0.29, 0.717) is 25.5 Å². The van der Waals surface area contributed by atoms with Crippen molar-refractivity contribution in [1.82, 2.24) is 10.2 Å². The lowest BCUT2D eigenvalue weighted by Gasteiger charge is -2.24. The summed E-state index contributed by atoms with van der Waals surface area (Å²) in [7, 11) is 3.62. The standard InChI is InChI=1S/C20H24BrFN4O/c1-24-20(26(2)13-15-3-7-17(21)8-4-15)25-12-16(19(23)27)11-14-5-9-18(22)10-6-14/h3-10,16H,11-13H2,1-2H3,(H2,23,27)(H,24,25). The molecule has 3 N–H and O–H groups in total. The number of aliphatic imine (C=N–C) groups is 1. The molecule has 2 aromatic carbocycles. The van der Waals surface area contributed by atoms with E-state index in [4.69, 9.17) is 5.73 Å². The normalized spacial score (nSPS) is 12.5. The van der Waals surface area contributed by atoms with Crippen LogP contribution in [0.15, 0.2) is 58.0 Å². The number of hydrogen-bond acceptors (Lipinski definition) is 2. The smallest absolute Gasteiger partial charge is 0.222 e. The van der Waals surface area contributed by atoms with E-state index in [-0.39, 0.29) is 5.82 Å². The molecule has 0 aliphatic carbocycles. The van der Waals surface area contributed by atoms with Crippen molar-refractivity contribution in [3.8, 4) is 0 Å². The molecule has 1 unspecified atom stereocenters. The van der Waals surface area contributed by atoms with Crippen LogP contribution in [0.2, 0.25) is 0 Å². The average molecular weight is 435 g/mol. The van der Waals surface area contributed by atoms with Gasteiger partial charge in [0.05, 0.1) is 5.92 Å². The van der Waals surface area contributed by atoms with Crippen molar-refractivity contribution in [2.45, 2.75) is 13.0 Å². The van der Waals surface area contributed by atoms with Crippen LogP contribution in [0.3, 0.4) is 0 Å². The second-order valence-electron chi connectivity index (χ2n) is 6.34. The Bertz CT molecular complexity index is 778. The molecule has 27 heavy (non-hydrogen) atoms. The van der Waals surface area contributed by atoms with Crippen LogP contribution in [0.4, 0.5) is 4.39 Å². The first-order chi connectivity index (χ1) is 12.9. The van der Waals surface area contributed by atoms with E-state index in [0.717, 1.165) is 15.6 Å². The maximum atomic E-state index is 13.0. The number of hydrogen-bond donors (Lipinski definition) is 2. The van der Waals surface area contributed by atoms with Crippen molar-refractivity contribution in [2.75, 3.05) is 20.6 Å². The number of carbonyl (C=O) groups is 1. The van der Waals surface area contributed by atoms with Crippen molar-refractivity contribution in [2.24, 2.45) is 16.6 Å². The summed E-state index contributed by atoms with van der Waals surface area (Å²) in [5.74, 6) is -0.461. The van der Waals surface area contributed by atoms with Crippen molar-refractivity contribution in [3.05, 3.63) is 69.9 Å². The molecule has 1 atom stereocenters. The summed E-state index contributed by atoms with van der Waals surface area (Å²) in [6, 6.07) is 14.1. The molecule has 2 aromatic rings. The maximum absolute atomic E-state index is 13.0. The lowest BCUT2D eigenvalue weighted by atomic mass is 9.98. The monoisotopic (exact) mass is 434 g/mol. The van der Waals surface area contributed by atoms with Gasteiger partial charge in [0.2, 0.25) is 5.91 Å². The largest absolute Gasteiger partial charge is 0.369 e. The summed E-state index contributed by atoms with van der Waals surface area (Å²) in [5, 5.41) is 3.21. The molecule has 1 amide bonds. The van der Waals surface area contributed by atoms with E-state index in [1.54, 1.807) is 19.2 Å². The van der Waals surface area contributed by atoms with E-state index in [1.807, 2.05) is 36.2 Å². The second kappa shape index (κ2) is 10.1. The molecular formula is C20H24BrFN4O. The zero-order valence-electron chi connectivity index (χ0n) is 15.5. The highest BCUT2D eigenvalue weighted by Crippen LogP contribution is 2.12. The Morgan fingerprint density at radius 3 is 2.33 bits per heavy atom. The Morgan fingerprint density at radius 1 is 1.19 bits per heavy atom. The van der Waals surface area contributed by atoms with Gasteiger partial charge in [-0.1, -0.05) is 40.2 Å². The van der Waals surface area contributed by atoms with Crippen LogP contribution >= 0.6 is 15.9 Å². The predicted octanol–water partition coefficient (Wildman–Crippen LogP) is 2.94. The molecule has 0 aliphatic rings. The molecule has 5 nitrogen and oxygen atoms in total. The van der Waals surface area contributed by atoms with Crippen LogP contribution in [0, 0.1) is 11.7 Å². The highest BCUT2D eigenvalue weighted by molar-refractivity contribution is 9.10. The number of carbonyl (C=O) groups excluding carboxylic acids is 1. The van der Waals surface area contributed by atoms with E-state index in [9.17, 15) is 9.18 Å². The Labute approximate surface area is 167 Å². The minimum absolute atomic E-state index is 0.303. The van der Waals surface area contributed by atoms with Crippen LogP contribution in [-0.4, -0.2) is 37.4 Å². The highest BCUT2D eigenvalue weighted by Gasteiger charge is 2.18. The van der Waals surface area contributed by atoms with Gasteiger partial charge in [0.1, 0.15) is 5.82 Å². The van der Waals surface area contributed by atoms with Crippen LogP contribution in [-0.2, 0) is 17.8 Å². The molecule has 0 radical (unpaired) electrons. The Hall–Kier alpha value is -2.41. The number of primary amides is 1. The number of nitrogens with one attached hydrogen (secondary N) is 1. The van der Waals surface area contributed by atoms with Crippen LogP contribution in [0.5, 0.6) is 0 Å². The van der Waals surface area contributed by atoms with Gasteiger partial charge in [-0.15, -0.1) is 0 Å². The van der Waals surface area contributed by atoms with Gasteiger partial charge in [-0.25, -0.2) is 4.39 Å². The van der Waals surface area contributed by atoms with Crippen molar-refractivity contribution >= 4 is 27.8 Å². The third-order valence-corrected chi connectivity index (χ3v) is 4.74. The molecule has 0 fully saturated rings. The fourth-order valence-electron chi connectivity index (χ4n) is 2.72. The van der Waals surface area contributed by atoms with Gasteiger partial charge in [0.15, 0.2) is 5.96 Å². The van der Waals surface area contributed by atoms with Gasteiger partial charge in [-0.05, 0) is 41.8 Å². The van der Waals surface area contributed by atoms with E-state index in [2.05, 4.69) is 26.2 Å². The second-order valence-corrected chi connectivity index (χ2v) is 7.26. The number of rotatable bonds is 7. The topological polar surface area (TPSA) is 70.7 Å². The van der Waals surface area contributed by atoms with Gasteiger partial charge in [0, 0.05) is 31.7 Å². The Balaban J connectivity index is 1.95. The van der Waals surface area contributed by atoms with E-state index >= 15 is 0 Å². The number of nitrogens with two attached hydrogens (primary N) is 1. The van der Waals surface area contributed by atoms with E-state index in [1.165, 1.54) is 12.1 Å². The minimum Gasteiger partial charge on any atom is -0.369 e. The first-order valence-corrected chi connectivity index (χ1v) is 9.38. The van der Waals surface area contributed by atoms with Crippen molar-refractivity contribution in [3.63, 3.8) is 0 Å². The third-order valence-electron chi connectivity index (χ3n) is 4.21. The highest BCUT2D eigenvalue weighted by atomic mass is 79.9. The molecule has 2 rings (SSSR count). The number of guanidine groups is 1. The zero-order chi connectivity index (χ0) is 19.8. The summed E-state index contributed by atoms with van der Waals surface area (Å²) >= 11 is 3.43. The van der Waals surface area contributed by atoms with Gasteiger partial charge in [-0.3, -0.25) is 9.79 Å². The molecule has 0 heterocycles. The summed E-state index contributed by atoms with van der Waals surface area (Å²) in [5.41, 5.74) is 7.55. The van der Waals surface area contributed by atoms with Crippen molar-refractivity contribution in [1.29, 1.82) is 0 Å². The molecule has 144 valence electrons. The lowest BCUT2D eigenvalue weighted by Crippen LogP contribution is -2.43. The van der Waals surface area contributed by atoms with Gasteiger partial charge in [0.25, 0.3) is 0 Å². The molecule has 0 aromatic heterocycles. The molecule has 0 bridgehead atoms. The fourth-order valence-corrected chi connectivity index (χ4v) is 2.98. The van der Waals surface area contributed by atoms with Gasteiger partial charge in [-0.2, -0.15) is 0 Å². The van der Waals surface area contributed by atoms with Crippen LogP contribution < -0.4 is 11.1 Å². The Kier molecular flexibility index (Phi) is 7.79. The molecular weight excluding hydrogens is 411 g/mol. The molecule has 0 saturated heterocycles. The predicted molar refractivity (Wildman–Crippen MR) is 110 cm³/mol. The molecule has 0 aliphatic heterocycles. The Morgan fingerprint density at radius 2 is 1.78 bits per heavy atom. The summed E-state index contributed by atoms with van der Waals surface area (Å²) in [6.07, 6.45) is 0.441. The number of benzene rings is 2. The van der Waals surface area contributed by atoms with E-state index < -0.39 is 11.8 Å². The zero-order valence-corrected chi connectivity index (χ0v) is 17.0. The fraction of sp³-hybridized carbons (Fsp3) is 0.300. The molecule has 0 saturated carbocycles. The number of amides is 1. The van der Waals surface area contributed by atoms with Crippen molar-refractivity contribution < 1.29 is 9.18 Å². The minimum atomic E-state index is -0.423. The first-order valence-electron chi connectivity index (χ1n) is 8.59. The summed E-state index contributed by atoms with van der Waals surface area (Å²) in [6.45, 7) is 1.02. The van der Waals surface area contributed by atoms with Gasteiger partial charge >= 0.3 is 0 Å². The summed E-state index contributed by atoms with van der Waals surface area (Å²) in [4.78, 5) is 18.1. The first kappa shape index (κ1) is 20.9.